The molecule has 1 aromatic carbocycles. The third-order valence-electron chi connectivity index (χ3n) is 3.57. The van der Waals surface area contributed by atoms with Crippen molar-refractivity contribution in [1.82, 2.24) is 0 Å². The monoisotopic (exact) mass is 292 g/mol. The zero-order valence-corrected chi connectivity index (χ0v) is 12.0. The first-order valence-corrected chi connectivity index (χ1v) is 7.00. The maximum absolute atomic E-state index is 12.2. The molecule has 1 fully saturated rings. The highest BCUT2D eigenvalue weighted by Gasteiger charge is 2.28. The molecule has 0 radical (unpaired) electrons. The smallest absolute Gasteiger partial charge is 0.338 e. The second-order valence-corrected chi connectivity index (χ2v) is 5.07. The number of primary amides is 1. The Morgan fingerprint density at radius 3 is 2.62 bits per heavy atom. The van der Waals surface area contributed by atoms with E-state index in [0.717, 1.165) is 25.7 Å². The van der Waals surface area contributed by atoms with E-state index in [2.05, 4.69) is 5.32 Å². The van der Waals surface area contributed by atoms with E-state index in [1.54, 1.807) is 25.3 Å². The number of hydrogen-bond acceptors (Lipinski definition) is 4. The van der Waals surface area contributed by atoms with E-state index < -0.39 is 12.0 Å². The normalized spacial score (nSPS) is 21.6. The van der Waals surface area contributed by atoms with Crippen LogP contribution in [0.4, 0.5) is 10.5 Å². The van der Waals surface area contributed by atoms with Crippen LogP contribution in [0.3, 0.4) is 0 Å². The maximum atomic E-state index is 12.2. The number of amides is 2. The van der Waals surface area contributed by atoms with Gasteiger partial charge in [-0.05, 0) is 37.5 Å². The van der Waals surface area contributed by atoms with Crippen molar-refractivity contribution in [3.8, 4) is 0 Å². The number of carbonyl (C=O) groups is 2. The van der Waals surface area contributed by atoms with Gasteiger partial charge >= 0.3 is 12.0 Å². The summed E-state index contributed by atoms with van der Waals surface area (Å²) < 4.78 is 10.9. The number of methoxy groups -OCH3 is 1. The Kier molecular flexibility index (Phi) is 5.16. The van der Waals surface area contributed by atoms with E-state index in [9.17, 15) is 9.59 Å². The Balaban J connectivity index is 2.03. The molecule has 0 saturated heterocycles. The second-order valence-electron chi connectivity index (χ2n) is 5.07. The molecule has 0 bridgehead atoms. The van der Waals surface area contributed by atoms with Crippen LogP contribution >= 0.6 is 0 Å². The van der Waals surface area contributed by atoms with Crippen LogP contribution in [0.5, 0.6) is 0 Å². The van der Waals surface area contributed by atoms with Gasteiger partial charge in [0.15, 0.2) is 0 Å². The highest BCUT2D eigenvalue weighted by Crippen LogP contribution is 2.24. The van der Waals surface area contributed by atoms with Gasteiger partial charge in [-0.1, -0.05) is 12.5 Å². The molecule has 0 spiro atoms. The van der Waals surface area contributed by atoms with Crippen molar-refractivity contribution in [3.63, 3.8) is 0 Å². The molecule has 21 heavy (non-hydrogen) atoms. The SMILES string of the molecule is CO[C@@H]1CCCC[C@H]1OC(=O)c1cccc(NC(N)=O)c1. The van der Waals surface area contributed by atoms with Crippen LogP contribution in [0.15, 0.2) is 24.3 Å². The van der Waals surface area contributed by atoms with Gasteiger partial charge in [0.2, 0.25) is 0 Å². The Hall–Kier alpha value is -2.08. The van der Waals surface area contributed by atoms with Crippen molar-refractivity contribution in [2.75, 3.05) is 12.4 Å². The van der Waals surface area contributed by atoms with Gasteiger partial charge in [-0.25, -0.2) is 9.59 Å². The number of esters is 1. The van der Waals surface area contributed by atoms with Crippen LogP contribution in [0.25, 0.3) is 0 Å². The average Bonchev–Trinajstić information content (AvgIpc) is 2.47. The highest BCUT2D eigenvalue weighted by molar-refractivity contribution is 5.93. The topological polar surface area (TPSA) is 90.7 Å². The van der Waals surface area contributed by atoms with E-state index in [4.69, 9.17) is 15.2 Å². The van der Waals surface area contributed by atoms with Crippen LogP contribution in [-0.4, -0.2) is 31.3 Å². The zero-order valence-electron chi connectivity index (χ0n) is 12.0. The fourth-order valence-corrected chi connectivity index (χ4v) is 2.54. The average molecular weight is 292 g/mol. The van der Waals surface area contributed by atoms with Gasteiger partial charge in [-0.3, -0.25) is 0 Å². The minimum atomic E-state index is -0.674. The van der Waals surface area contributed by atoms with Crippen molar-refractivity contribution in [2.24, 2.45) is 5.73 Å². The van der Waals surface area contributed by atoms with Gasteiger partial charge in [0.05, 0.1) is 11.7 Å². The number of nitrogens with two attached hydrogens (primary N) is 1. The molecule has 0 heterocycles. The zero-order chi connectivity index (χ0) is 15.2. The van der Waals surface area contributed by atoms with Gasteiger partial charge in [-0.2, -0.15) is 0 Å². The molecular weight excluding hydrogens is 272 g/mol. The molecule has 1 aliphatic rings. The maximum Gasteiger partial charge on any atom is 0.338 e. The molecule has 1 saturated carbocycles. The van der Waals surface area contributed by atoms with E-state index in [0.29, 0.717) is 11.3 Å². The van der Waals surface area contributed by atoms with Crippen molar-refractivity contribution in [1.29, 1.82) is 0 Å². The fraction of sp³-hybridized carbons (Fsp3) is 0.467. The summed E-state index contributed by atoms with van der Waals surface area (Å²) in [5.41, 5.74) is 5.89. The summed E-state index contributed by atoms with van der Waals surface area (Å²) in [6.45, 7) is 0. The summed E-state index contributed by atoms with van der Waals surface area (Å²) in [6, 6.07) is 5.82. The quantitative estimate of drug-likeness (QED) is 0.833. The first kappa shape index (κ1) is 15.3. The number of hydrogen-bond donors (Lipinski definition) is 2. The van der Waals surface area contributed by atoms with Crippen molar-refractivity contribution >= 4 is 17.7 Å². The summed E-state index contributed by atoms with van der Waals surface area (Å²) >= 11 is 0. The molecule has 6 nitrogen and oxygen atoms in total. The molecule has 0 aliphatic heterocycles. The van der Waals surface area contributed by atoms with Crippen molar-refractivity contribution in [3.05, 3.63) is 29.8 Å². The summed E-state index contributed by atoms with van der Waals surface area (Å²) in [5.74, 6) is -0.419. The lowest BCUT2D eigenvalue weighted by molar-refractivity contribution is -0.0539. The summed E-state index contributed by atoms with van der Waals surface area (Å²) in [5, 5.41) is 2.43. The Labute approximate surface area is 123 Å². The van der Waals surface area contributed by atoms with E-state index in [1.165, 1.54) is 6.07 Å². The van der Waals surface area contributed by atoms with Crippen LogP contribution in [0.1, 0.15) is 36.0 Å². The predicted octanol–water partition coefficient (Wildman–Crippen LogP) is 2.29. The molecule has 2 atom stereocenters. The van der Waals surface area contributed by atoms with Gasteiger partial charge in [0, 0.05) is 12.8 Å². The summed E-state index contributed by atoms with van der Waals surface area (Å²) in [6.07, 6.45) is 3.56. The van der Waals surface area contributed by atoms with Crippen molar-refractivity contribution < 1.29 is 19.1 Å². The number of ether oxygens (including phenoxy) is 2. The highest BCUT2D eigenvalue weighted by atomic mass is 16.6. The number of anilines is 1. The minimum absolute atomic E-state index is 0.0466. The van der Waals surface area contributed by atoms with E-state index in [1.807, 2.05) is 0 Å². The molecule has 1 aromatic rings. The third kappa shape index (κ3) is 4.19. The first-order chi connectivity index (χ1) is 10.1. The number of benzene rings is 1. The fourth-order valence-electron chi connectivity index (χ4n) is 2.54. The number of nitrogens with one attached hydrogen (secondary N) is 1. The lowest BCUT2D eigenvalue weighted by Crippen LogP contribution is -2.35. The summed E-state index contributed by atoms with van der Waals surface area (Å²) in [4.78, 5) is 23.0. The molecular formula is C15H20N2O4. The van der Waals surface area contributed by atoms with Gasteiger partial charge in [0.25, 0.3) is 0 Å². The van der Waals surface area contributed by atoms with Crippen molar-refractivity contribution in [2.45, 2.75) is 37.9 Å². The molecule has 3 N–H and O–H groups in total. The molecule has 0 aromatic heterocycles. The van der Waals surface area contributed by atoms with E-state index in [-0.39, 0.29) is 12.2 Å². The Bertz CT molecular complexity index is 518. The number of urea groups is 1. The van der Waals surface area contributed by atoms with Crippen LogP contribution in [-0.2, 0) is 9.47 Å². The lowest BCUT2D eigenvalue weighted by atomic mass is 9.94. The molecule has 2 amide bonds. The van der Waals surface area contributed by atoms with Crippen LogP contribution < -0.4 is 11.1 Å². The first-order valence-electron chi connectivity index (χ1n) is 7.00. The largest absolute Gasteiger partial charge is 0.456 e. The van der Waals surface area contributed by atoms with Gasteiger partial charge in [0.1, 0.15) is 6.10 Å². The minimum Gasteiger partial charge on any atom is -0.456 e. The Morgan fingerprint density at radius 2 is 1.95 bits per heavy atom. The molecule has 2 rings (SSSR count). The van der Waals surface area contributed by atoms with Crippen LogP contribution in [0.2, 0.25) is 0 Å². The second kappa shape index (κ2) is 7.08. The standard InChI is InChI=1S/C15H20N2O4/c1-20-12-7-2-3-8-13(12)21-14(18)10-5-4-6-11(9-10)17-15(16)19/h4-6,9,12-13H,2-3,7-8H2,1H3,(H3,16,17,19)/t12-,13-/m1/s1. The third-order valence-corrected chi connectivity index (χ3v) is 3.57. The molecule has 0 unspecified atom stereocenters. The molecule has 1 aliphatic carbocycles. The number of carbonyl (C=O) groups excluding carboxylic acids is 2. The van der Waals surface area contributed by atoms with Gasteiger partial charge in [-0.15, -0.1) is 0 Å². The van der Waals surface area contributed by atoms with E-state index >= 15 is 0 Å². The molecule has 6 heteroatoms. The predicted molar refractivity (Wildman–Crippen MR) is 78.1 cm³/mol. The molecule has 114 valence electrons. The lowest BCUT2D eigenvalue weighted by Gasteiger charge is -2.29. The summed E-state index contributed by atoms with van der Waals surface area (Å²) in [7, 11) is 1.63. The van der Waals surface area contributed by atoms with Gasteiger partial charge < -0.3 is 20.5 Å². The Morgan fingerprint density at radius 1 is 1.24 bits per heavy atom. The number of rotatable bonds is 4. The van der Waals surface area contributed by atoms with Crippen LogP contribution in [0, 0.1) is 0 Å².